The van der Waals surface area contributed by atoms with Crippen LogP contribution in [0.25, 0.3) is 0 Å². The first-order valence-electron chi connectivity index (χ1n) is 6.85. The van der Waals surface area contributed by atoms with Crippen molar-refractivity contribution >= 4 is 10.1 Å². The summed E-state index contributed by atoms with van der Waals surface area (Å²) in [6.45, 7) is -0.0652. The molecule has 0 aliphatic carbocycles. The first-order chi connectivity index (χ1) is 10.7. The minimum Gasteiger partial charge on any atom is -0.386 e. The lowest BCUT2D eigenvalue weighted by atomic mass is 9.95. The molecule has 23 heavy (non-hydrogen) atoms. The highest BCUT2D eigenvalue weighted by molar-refractivity contribution is 7.85. The maximum absolute atomic E-state index is 11.9. The lowest BCUT2D eigenvalue weighted by molar-refractivity contribution is -0.105. The van der Waals surface area contributed by atoms with E-state index in [4.69, 9.17) is 13.7 Å². The molecule has 1 aromatic heterocycles. The smallest absolute Gasteiger partial charge is 0.330 e. The summed E-state index contributed by atoms with van der Waals surface area (Å²) >= 11 is 0. The van der Waals surface area contributed by atoms with Crippen LogP contribution < -0.4 is 11.2 Å². The Morgan fingerprint density at radius 1 is 1.52 bits per heavy atom. The molecular formula is C12H16N2O8S. The standard InChI is InChI=1S/C12H16N2O8S/c1-23(18,19)21-6-12-3-5-20-9(12)8(16)10(22-12)14-4-2-7(15)13-11(14)17/h2,4,8-10,16H,3,5-6H2,1H3,(H,13,15,17)/t8-,9-,10-,12+/m1/s1. The first-order valence-corrected chi connectivity index (χ1v) is 8.67. The van der Waals surface area contributed by atoms with E-state index >= 15 is 0 Å². The lowest BCUT2D eigenvalue weighted by Gasteiger charge is -2.26. The van der Waals surface area contributed by atoms with Gasteiger partial charge in [-0.05, 0) is 0 Å². The largest absolute Gasteiger partial charge is 0.386 e. The van der Waals surface area contributed by atoms with E-state index in [-0.39, 0.29) is 13.2 Å². The van der Waals surface area contributed by atoms with Crippen molar-refractivity contribution in [3.05, 3.63) is 33.1 Å². The summed E-state index contributed by atoms with van der Waals surface area (Å²) < 4.78 is 39.5. The molecule has 0 bridgehead atoms. The maximum atomic E-state index is 11.9. The zero-order valence-corrected chi connectivity index (χ0v) is 13.0. The van der Waals surface area contributed by atoms with Crippen molar-refractivity contribution in [2.75, 3.05) is 19.5 Å². The van der Waals surface area contributed by atoms with Crippen molar-refractivity contribution in [2.45, 2.75) is 30.5 Å². The fourth-order valence-electron chi connectivity index (χ4n) is 2.89. The molecule has 3 rings (SSSR count). The summed E-state index contributed by atoms with van der Waals surface area (Å²) in [7, 11) is -3.70. The number of ether oxygens (including phenoxy) is 2. The molecule has 2 fully saturated rings. The highest BCUT2D eigenvalue weighted by Gasteiger charge is 2.59. The van der Waals surface area contributed by atoms with E-state index < -0.39 is 45.4 Å². The first kappa shape index (κ1) is 16.3. The predicted octanol–water partition coefficient (Wildman–Crippen LogP) is -2.07. The van der Waals surface area contributed by atoms with Gasteiger partial charge in [0.2, 0.25) is 0 Å². The van der Waals surface area contributed by atoms with E-state index in [0.717, 1.165) is 16.9 Å². The van der Waals surface area contributed by atoms with E-state index in [2.05, 4.69) is 4.98 Å². The van der Waals surface area contributed by atoms with Gasteiger partial charge in [-0.25, -0.2) is 4.79 Å². The summed E-state index contributed by atoms with van der Waals surface area (Å²) in [5.74, 6) is 0. The third kappa shape index (κ3) is 2.97. The van der Waals surface area contributed by atoms with Crippen LogP contribution >= 0.6 is 0 Å². The van der Waals surface area contributed by atoms with Gasteiger partial charge in [-0.3, -0.25) is 18.5 Å². The third-order valence-corrected chi connectivity index (χ3v) is 4.49. The van der Waals surface area contributed by atoms with Gasteiger partial charge in [-0.15, -0.1) is 0 Å². The second-order valence-electron chi connectivity index (χ2n) is 5.59. The number of nitrogens with zero attached hydrogens (tertiary/aromatic N) is 1. The van der Waals surface area contributed by atoms with Crippen LogP contribution in [0.15, 0.2) is 21.9 Å². The average molecular weight is 348 g/mol. The summed E-state index contributed by atoms with van der Waals surface area (Å²) in [5.41, 5.74) is -2.51. The Morgan fingerprint density at radius 2 is 2.26 bits per heavy atom. The molecule has 11 heteroatoms. The monoisotopic (exact) mass is 348 g/mol. The molecule has 2 aliphatic heterocycles. The number of aromatic amines is 1. The number of hydrogen-bond acceptors (Lipinski definition) is 8. The number of H-pyrrole nitrogens is 1. The molecule has 0 spiro atoms. The van der Waals surface area contributed by atoms with Crippen LogP contribution in [0, 0.1) is 0 Å². The van der Waals surface area contributed by atoms with E-state index in [0.29, 0.717) is 6.42 Å². The van der Waals surface area contributed by atoms with Gasteiger partial charge in [0.05, 0.1) is 19.5 Å². The minimum absolute atomic E-state index is 0.266. The number of aromatic nitrogens is 2. The summed E-state index contributed by atoms with van der Waals surface area (Å²) in [4.78, 5) is 25.1. The minimum atomic E-state index is -3.70. The lowest BCUT2D eigenvalue weighted by Crippen LogP contribution is -2.43. The van der Waals surface area contributed by atoms with Gasteiger partial charge in [0.15, 0.2) is 6.23 Å². The van der Waals surface area contributed by atoms with Crippen molar-refractivity contribution in [2.24, 2.45) is 0 Å². The fourth-order valence-corrected chi connectivity index (χ4v) is 3.31. The van der Waals surface area contributed by atoms with Gasteiger partial charge in [0.25, 0.3) is 15.7 Å². The molecule has 0 amide bonds. The van der Waals surface area contributed by atoms with E-state index in [1.807, 2.05) is 0 Å². The number of fused-ring (bicyclic) bond motifs is 1. The van der Waals surface area contributed by atoms with Crippen LogP contribution in [-0.4, -0.2) is 60.4 Å². The highest BCUT2D eigenvalue weighted by atomic mass is 32.2. The highest BCUT2D eigenvalue weighted by Crippen LogP contribution is 2.44. The van der Waals surface area contributed by atoms with Crippen molar-refractivity contribution < 1.29 is 27.2 Å². The Balaban J connectivity index is 1.91. The molecule has 128 valence electrons. The van der Waals surface area contributed by atoms with Gasteiger partial charge in [-0.1, -0.05) is 0 Å². The van der Waals surface area contributed by atoms with E-state index in [1.165, 1.54) is 6.20 Å². The van der Waals surface area contributed by atoms with Crippen LogP contribution in [0.3, 0.4) is 0 Å². The van der Waals surface area contributed by atoms with Crippen LogP contribution in [0.2, 0.25) is 0 Å². The number of hydrogen-bond donors (Lipinski definition) is 2. The Hall–Kier alpha value is -1.53. The Morgan fingerprint density at radius 3 is 2.91 bits per heavy atom. The number of aliphatic hydroxyl groups excluding tert-OH is 1. The molecule has 0 radical (unpaired) electrons. The molecule has 2 saturated heterocycles. The molecule has 10 nitrogen and oxygen atoms in total. The van der Waals surface area contributed by atoms with Crippen molar-refractivity contribution in [3.63, 3.8) is 0 Å². The quantitative estimate of drug-likeness (QED) is 0.592. The predicted molar refractivity (Wildman–Crippen MR) is 75.3 cm³/mol. The molecule has 2 aliphatic rings. The third-order valence-electron chi connectivity index (χ3n) is 3.94. The van der Waals surface area contributed by atoms with Gasteiger partial charge < -0.3 is 14.6 Å². The van der Waals surface area contributed by atoms with Crippen molar-refractivity contribution in [1.82, 2.24) is 9.55 Å². The van der Waals surface area contributed by atoms with Gasteiger partial charge in [0, 0.05) is 18.7 Å². The Bertz CT molecular complexity index is 815. The number of aliphatic hydroxyl groups is 1. The second kappa shape index (κ2) is 5.53. The van der Waals surface area contributed by atoms with Crippen LogP contribution in [0.4, 0.5) is 0 Å². The summed E-state index contributed by atoms with van der Waals surface area (Å²) in [6, 6.07) is 1.12. The van der Waals surface area contributed by atoms with Crippen LogP contribution in [0.5, 0.6) is 0 Å². The summed E-state index contributed by atoms with van der Waals surface area (Å²) in [6.07, 6.45) is -0.769. The van der Waals surface area contributed by atoms with Gasteiger partial charge in [0.1, 0.15) is 17.8 Å². The molecule has 4 atom stereocenters. The zero-order valence-electron chi connectivity index (χ0n) is 12.2. The maximum Gasteiger partial charge on any atom is 0.330 e. The SMILES string of the molecule is CS(=O)(=O)OC[C@@]12CCO[C@@H]1[C@@H](O)[C@H](n1ccc(=O)[nH]c1=O)O2. The van der Waals surface area contributed by atoms with Crippen molar-refractivity contribution in [1.29, 1.82) is 0 Å². The average Bonchev–Trinajstić information content (AvgIpc) is 2.96. The molecule has 0 saturated carbocycles. The number of rotatable bonds is 4. The van der Waals surface area contributed by atoms with Gasteiger partial charge >= 0.3 is 5.69 Å². The Kier molecular flexibility index (Phi) is 3.92. The number of nitrogens with one attached hydrogen (secondary N) is 1. The molecule has 3 heterocycles. The zero-order chi connectivity index (χ0) is 16.8. The van der Waals surface area contributed by atoms with Crippen LogP contribution in [-0.2, 0) is 23.8 Å². The summed E-state index contributed by atoms with van der Waals surface area (Å²) in [5, 5.41) is 10.4. The van der Waals surface area contributed by atoms with E-state index in [1.54, 1.807) is 0 Å². The fraction of sp³-hybridized carbons (Fsp3) is 0.667. The molecule has 2 N–H and O–H groups in total. The second-order valence-corrected chi connectivity index (χ2v) is 7.23. The van der Waals surface area contributed by atoms with E-state index in [9.17, 15) is 23.1 Å². The molecule has 0 aromatic carbocycles. The van der Waals surface area contributed by atoms with Crippen LogP contribution in [0.1, 0.15) is 12.6 Å². The van der Waals surface area contributed by atoms with Crippen molar-refractivity contribution in [3.8, 4) is 0 Å². The normalized spacial score (nSPS) is 33.7. The molecule has 0 unspecified atom stereocenters. The van der Waals surface area contributed by atoms with Gasteiger partial charge in [-0.2, -0.15) is 8.42 Å². The molecular weight excluding hydrogens is 332 g/mol. The Labute approximate surface area is 130 Å². The topological polar surface area (TPSA) is 137 Å². The molecule has 1 aromatic rings.